The zero-order chi connectivity index (χ0) is 26.5. The zero-order valence-corrected chi connectivity index (χ0v) is 22.7. The van der Waals surface area contributed by atoms with Crippen LogP contribution in [0.1, 0.15) is 18.4 Å². The molecule has 0 aliphatic rings. The molecule has 0 saturated heterocycles. The van der Waals surface area contributed by atoms with E-state index < -0.39 is 20.0 Å². The predicted octanol–water partition coefficient (Wildman–Crippen LogP) is 5.29. The van der Waals surface area contributed by atoms with Crippen LogP contribution in [-0.4, -0.2) is 35.5 Å². The average molecular weight is 571 g/mol. The first-order chi connectivity index (χ1) is 16.8. The molecule has 0 radical (unpaired) electrons. The van der Waals surface area contributed by atoms with Crippen molar-refractivity contribution in [1.29, 1.82) is 0 Å². The van der Waals surface area contributed by atoms with Crippen molar-refractivity contribution in [3.05, 3.63) is 82.3 Å². The fourth-order valence-electron chi connectivity index (χ4n) is 3.41. The monoisotopic (exact) mass is 569 g/mol. The Labute approximate surface area is 221 Å². The number of carbonyl (C=O) groups excluding carboxylic acids is 1. The van der Waals surface area contributed by atoms with Crippen LogP contribution in [0.4, 0.5) is 17.1 Å². The molecule has 8 nitrogen and oxygen atoms in total. The molecule has 0 heterocycles. The summed E-state index contributed by atoms with van der Waals surface area (Å²) < 4.78 is 53.5. The van der Waals surface area contributed by atoms with E-state index in [-0.39, 0.29) is 30.2 Å². The van der Waals surface area contributed by atoms with Crippen molar-refractivity contribution in [3.63, 3.8) is 0 Å². The Bertz CT molecular complexity index is 1460. The van der Waals surface area contributed by atoms with Crippen molar-refractivity contribution in [2.24, 2.45) is 0 Å². The second kappa shape index (κ2) is 11.5. The van der Waals surface area contributed by atoms with Gasteiger partial charge < -0.3 is 5.32 Å². The normalized spacial score (nSPS) is 11.7. The fraction of sp³-hybridized carbons (Fsp3) is 0.208. The molecule has 12 heteroatoms. The summed E-state index contributed by atoms with van der Waals surface area (Å²) in [7, 11) is -7.42. The largest absolute Gasteiger partial charge is 0.326 e. The van der Waals surface area contributed by atoms with Crippen LogP contribution < -0.4 is 14.3 Å². The van der Waals surface area contributed by atoms with E-state index in [2.05, 4.69) is 10.0 Å². The second-order valence-electron chi connectivity index (χ2n) is 8.06. The lowest BCUT2D eigenvalue weighted by molar-refractivity contribution is -0.116. The first kappa shape index (κ1) is 27.8. The van der Waals surface area contributed by atoms with Gasteiger partial charge in [0.1, 0.15) is 0 Å². The summed E-state index contributed by atoms with van der Waals surface area (Å²) in [4.78, 5) is 12.4. The Hall–Kier alpha value is -2.79. The molecule has 3 aromatic rings. The number of hydrogen-bond acceptors (Lipinski definition) is 5. The molecular weight excluding hydrogens is 545 g/mol. The maximum absolute atomic E-state index is 12.6. The average Bonchev–Trinajstić information content (AvgIpc) is 2.78. The predicted molar refractivity (Wildman–Crippen MR) is 145 cm³/mol. The number of benzene rings is 3. The second-order valence-corrected chi connectivity index (χ2v) is 12.5. The molecule has 2 N–H and O–H groups in total. The van der Waals surface area contributed by atoms with Gasteiger partial charge in [0, 0.05) is 28.7 Å². The summed E-state index contributed by atoms with van der Waals surface area (Å²) in [5, 5.41) is 3.50. The summed E-state index contributed by atoms with van der Waals surface area (Å²) in [5.74, 6) is -0.334. The van der Waals surface area contributed by atoms with Crippen LogP contribution in [0.3, 0.4) is 0 Å². The third-order valence-corrected chi connectivity index (χ3v) is 8.18. The van der Waals surface area contributed by atoms with Crippen molar-refractivity contribution in [2.45, 2.75) is 24.7 Å². The van der Waals surface area contributed by atoms with E-state index in [1.165, 1.54) is 34.6 Å². The number of rotatable bonds is 10. The van der Waals surface area contributed by atoms with E-state index in [0.717, 1.165) is 11.8 Å². The van der Waals surface area contributed by atoms with Crippen LogP contribution in [0.2, 0.25) is 10.0 Å². The van der Waals surface area contributed by atoms with Gasteiger partial charge in [0.2, 0.25) is 15.9 Å². The highest BCUT2D eigenvalue weighted by Crippen LogP contribution is 2.27. The molecule has 36 heavy (non-hydrogen) atoms. The first-order valence-corrected chi connectivity index (χ1v) is 14.9. The molecule has 0 fully saturated rings. The minimum absolute atomic E-state index is 0.0150. The summed E-state index contributed by atoms with van der Waals surface area (Å²) >= 11 is 11.9. The van der Waals surface area contributed by atoms with Gasteiger partial charge in [0.25, 0.3) is 10.0 Å². The minimum Gasteiger partial charge on any atom is -0.326 e. The van der Waals surface area contributed by atoms with E-state index in [9.17, 15) is 21.6 Å². The number of hydrogen-bond donors (Lipinski definition) is 2. The van der Waals surface area contributed by atoms with E-state index >= 15 is 0 Å². The standard InChI is InChI=1S/C24H25Cl2N3O5S2/c1-17-8-9-19(26)16-23(17)29(35(2,31)32)14-4-7-24(30)27-20-10-12-22(13-11-20)36(33,34)28-21-6-3-5-18(25)15-21/h3,5-6,8-13,15-16,28H,4,7,14H2,1-2H3,(H,27,30). The zero-order valence-electron chi connectivity index (χ0n) is 19.5. The summed E-state index contributed by atoms with van der Waals surface area (Å²) in [6.07, 6.45) is 1.42. The number of carbonyl (C=O) groups is 1. The quantitative estimate of drug-likeness (QED) is 0.344. The third kappa shape index (κ3) is 7.60. The molecule has 0 aromatic heterocycles. The van der Waals surface area contributed by atoms with E-state index in [4.69, 9.17) is 23.2 Å². The molecule has 3 rings (SSSR count). The van der Waals surface area contributed by atoms with Gasteiger partial charge in [-0.15, -0.1) is 0 Å². The van der Waals surface area contributed by atoms with Crippen LogP contribution >= 0.6 is 23.2 Å². The Balaban J connectivity index is 1.59. The Kier molecular flexibility index (Phi) is 8.89. The van der Waals surface area contributed by atoms with Gasteiger partial charge in [-0.25, -0.2) is 16.8 Å². The number of amides is 1. The molecule has 3 aromatic carbocycles. The lowest BCUT2D eigenvalue weighted by Crippen LogP contribution is -2.32. The van der Waals surface area contributed by atoms with Gasteiger partial charge in [0.15, 0.2) is 0 Å². The van der Waals surface area contributed by atoms with Gasteiger partial charge in [0.05, 0.1) is 22.5 Å². The van der Waals surface area contributed by atoms with E-state index in [1.807, 2.05) is 0 Å². The fourth-order valence-corrected chi connectivity index (χ4v) is 5.83. The summed E-state index contributed by atoms with van der Waals surface area (Å²) in [6.45, 7) is 1.88. The molecule has 0 saturated carbocycles. The topological polar surface area (TPSA) is 113 Å². The highest BCUT2D eigenvalue weighted by atomic mass is 35.5. The maximum Gasteiger partial charge on any atom is 0.261 e. The molecule has 0 bridgehead atoms. The molecule has 0 spiro atoms. The highest BCUT2D eigenvalue weighted by molar-refractivity contribution is 7.92. The van der Waals surface area contributed by atoms with Crippen molar-refractivity contribution in [2.75, 3.05) is 27.1 Å². The van der Waals surface area contributed by atoms with Gasteiger partial charge >= 0.3 is 0 Å². The van der Waals surface area contributed by atoms with Gasteiger partial charge in [-0.05, 0) is 73.5 Å². The van der Waals surface area contributed by atoms with Crippen LogP contribution in [0.25, 0.3) is 0 Å². The maximum atomic E-state index is 12.6. The molecule has 0 aliphatic carbocycles. The van der Waals surface area contributed by atoms with Crippen molar-refractivity contribution < 1.29 is 21.6 Å². The van der Waals surface area contributed by atoms with Crippen molar-refractivity contribution in [3.8, 4) is 0 Å². The number of halogens is 2. The molecule has 0 atom stereocenters. The minimum atomic E-state index is -3.84. The van der Waals surface area contributed by atoms with E-state index in [1.54, 1.807) is 43.3 Å². The molecule has 0 unspecified atom stereocenters. The highest BCUT2D eigenvalue weighted by Gasteiger charge is 2.20. The number of anilines is 3. The molecule has 1 amide bonds. The van der Waals surface area contributed by atoms with Crippen LogP contribution in [0, 0.1) is 6.92 Å². The summed E-state index contributed by atoms with van der Waals surface area (Å²) in [5.41, 5.74) is 1.95. The van der Waals surface area contributed by atoms with Crippen LogP contribution in [0.15, 0.2) is 71.6 Å². The molecule has 0 aliphatic heterocycles. The number of sulfonamides is 2. The molecule has 192 valence electrons. The summed E-state index contributed by atoms with van der Waals surface area (Å²) in [6, 6.07) is 17.0. The first-order valence-electron chi connectivity index (χ1n) is 10.8. The van der Waals surface area contributed by atoms with Crippen molar-refractivity contribution in [1.82, 2.24) is 0 Å². The lowest BCUT2D eigenvalue weighted by atomic mass is 10.2. The Morgan fingerprint density at radius 3 is 2.19 bits per heavy atom. The number of aryl methyl sites for hydroxylation is 1. The van der Waals surface area contributed by atoms with Gasteiger partial charge in [-0.2, -0.15) is 0 Å². The van der Waals surface area contributed by atoms with Gasteiger partial charge in [-0.1, -0.05) is 35.3 Å². The third-order valence-electron chi connectivity index (χ3n) is 5.13. The van der Waals surface area contributed by atoms with Gasteiger partial charge in [-0.3, -0.25) is 13.8 Å². The number of nitrogens with one attached hydrogen (secondary N) is 2. The molecular formula is C24H25Cl2N3O5S2. The Morgan fingerprint density at radius 2 is 1.56 bits per heavy atom. The van der Waals surface area contributed by atoms with E-state index in [0.29, 0.717) is 27.1 Å². The lowest BCUT2D eigenvalue weighted by Gasteiger charge is -2.24. The number of nitrogens with zero attached hydrogens (tertiary/aromatic N) is 1. The Morgan fingerprint density at radius 1 is 0.889 bits per heavy atom. The van der Waals surface area contributed by atoms with Crippen LogP contribution in [-0.2, 0) is 24.8 Å². The SMILES string of the molecule is Cc1ccc(Cl)cc1N(CCCC(=O)Nc1ccc(S(=O)(=O)Nc2cccc(Cl)c2)cc1)S(C)(=O)=O. The van der Waals surface area contributed by atoms with Crippen LogP contribution in [0.5, 0.6) is 0 Å². The smallest absolute Gasteiger partial charge is 0.261 e. The van der Waals surface area contributed by atoms with Crippen molar-refractivity contribution >= 4 is 66.2 Å².